The van der Waals surface area contributed by atoms with Crippen molar-refractivity contribution in [2.24, 2.45) is 5.92 Å². The molecule has 3 atom stereocenters. The van der Waals surface area contributed by atoms with Gasteiger partial charge in [-0.3, -0.25) is 0 Å². The zero-order valence-corrected chi connectivity index (χ0v) is 11.6. The molecule has 19 heavy (non-hydrogen) atoms. The maximum Gasteiger partial charge on any atom is 0.211 e. The minimum atomic E-state index is -3.12. The molecule has 2 aliphatic rings. The number of ether oxygens (including phenoxy) is 1. The Balaban J connectivity index is 1.72. The normalized spacial score (nSPS) is 32.2. The van der Waals surface area contributed by atoms with Crippen LogP contribution >= 0.6 is 0 Å². The van der Waals surface area contributed by atoms with Crippen LogP contribution in [0.3, 0.4) is 0 Å². The first-order valence-corrected chi connectivity index (χ1v) is 8.25. The van der Waals surface area contributed by atoms with Crippen LogP contribution in [0.1, 0.15) is 24.6 Å². The summed E-state index contributed by atoms with van der Waals surface area (Å²) in [5.41, 5.74) is 0.885. The molecule has 2 fully saturated rings. The van der Waals surface area contributed by atoms with Crippen molar-refractivity contribution in [2.75, 3.05) is 19.3 Å². The second kappa shape index (κ2) is 4.81. The van der Waals surface area contributed by atoms with E-state index in [0.29, 0.717) is 19.0 Å². The average Bonchev–Trinajstić information content (AvgIpc) is 2.81. The Hall–Kier alpha value is -1.05. The molecule has 0 N–H and O–H groups in total. The molecule has 3 rings (SSSR count). The lowest BCUT2D eigenvalue weighted by Crippen LogP contribution is -2.44. The fraction of sp³-hybridized carbons (Fsp3) is 0.667. The van der Waals surface area contributed by atoms with Crippen LogP contribution in [0.4, 0.5) is 0 Å². The minimum Gasteiger partial charge on any atom is -0.367 e. The van der Waals surface area contributed by atoms with Gasteiger partial charge >= 0.3 is 0 Å². The van der Waals surface area contributed by atoms with Gasteiger partial charge in [-0.15, -0.1) is 0 Å². The molecule has 104 valence electrons. The Bertz CT molecular complexity index is 549. The van der Waals surface area contributed by atoms with Gasteiger partial charge in [0, 0.05) is 19.3 Å². The van der Waals surface area contributed by atoms with Crippen LogP contribution in [0.2, 0.25) is 0 Å². The van der Waals surface area contributed by atoms with E-state index in [-0.39, 0.29) is 12.2 Å². The quantitative estimate of drug-likeness (QED) is 0.794. The summed E-state index contributed by atoms with van der Waals surface area (Å²) in [6, 6.07) is 1.86. The molecule has 0 spiro atoms. The van der Waals surface area contributed by atoms with Crippen LogP contribution in [0.25, 0.3) is 0 Å². The van der Waals surface area contributed by atoms with E-state index in [2.05, 4.69) is 9.97 Å². The predicted octanol–water partition coefficient (Wildman–Crippen LogP) is 0.588. The summed E-state index contributed by atoms with van der Waals surface area (Å²) in [6.07, 6.45) is 6.21. The molecule has 0 aliphatic carbocycles. The maximum absolute atomic E-state index is 11.6. The summed E-state index contributed by atoms with van der Waals surface area (Å²) in [5.74, 6) is 0.429. The highest BCUT2D eigenvalue weighted by molar-refractivity contribution is 7.88. The average molecular weight is 283 g/mol. The molecule has 6 nitrogen and oxygen atoms in total. The lowest BCUT2D eigenvalue weighted by molar-refractivity contribution is 0.00872. The molecule has 1 aromatic heterocycles. The van der Waals surface area contributed by atoms with Crippen molar-refractivity contribution in [1.82, 2.24) is 14.3 Å². The Morgan fingerprint density at radius 3 is 3.00 bits per heavy atom. The Labute approximate surface area is 112 Å². The van der Waals surface area contributed by atoms with Crippen LogP contribution in [0.15, 0.2) is 18.6 Å². The van der Waals surface area contributed by atoms with Crippen LogP contribution in [0, 0.1) is 5.92 Å². The van der Waals surface area contributed by atoms with E-state index in [1.54, 1.807) is 6.20 Å². The van der Waals surface area contributed by atoms with E-state index >= 15 is 0 Å². The summed E-state index contributed by atoms with van der Waals surface area (Å²) in [7, 11) is -3.12. The molecule has 0 amide bonds. The highest BCUT2D eigenvalue weighted by atomic mass is 32.2. The minimum absolute atomic E-state index is 0.0107. The van der Waals surface area contributed by atoms with Gasteiger partial charge in [0.25, 0.3) is 0 Å². The van der Waals surface area contributed by atoms with Crippen molar-refractivity contribution < 1.29 is 13.2 Å². The van der Waals surface area contributed by atoms with E-state index in [1.807, 2.05) is 6.07 Å². The van der Waals surface area contributed by atoms with Crippen molar-refractivity contribution in [1.29, 1.82) is 0 Å². The summed E-state index contributed by atoms with van der Waals surface area (Å²) in [5, 5.41) is 0. The smallest absolute Gasteiger partial charge is 0.211 e. The summed E-state index contributed by atoms with van der Waals surface area (Å²) in [4.78, 5) is 8.12. The molecular formula is C12H17N3O3S. The van der Waals surface area contributed by atoms with E-state index in [1.165, 1.54) is 16.9 Å². The summed E-state index contributed by atoms with van der Waals surface area (Å²) >= 11 is 0. The van der Waals surface area contributed by atoms with Crippen LogP contribution in [0.5, 0.6) is 0 Å². The zero-order valence-electron chi connectivity index (χ0n) is 10.8. The number of sulfonamides is 1. The number of piperidine rings is 1. The SMILES string of the molecule is CS(=O)(=O)N1CC[C@H]2C[C@H](c3ccncn3)O[C@@H]2C1. The third kappa shape index (κ3) is 2.63. The van der Waals surface area contributed by atoms with Gasteiger partial charge in [0.05, 0.1) is 18.1 Å². The molecule has 0 saturated carbocycles. The molecule has 1 aromatic rings. The number of hydrogen-bond acceptors (Lipinski definition) is 5. The molecule has 2 aliphatic heterocycles. The number of rotatable bonds is 2. The first-order chi connectivity index (χ1) is 9.04. The van der Waals surface area contributed by atoms with Gasteiger partial charge < -0.3 is 4.74 Å². The molecule has 7 heteroatoms. The number of aromatic nitrogens is 2. The largest absolute Gasteiger partial charge is 0.367 e. The topological polar surface area (TPSA) is 72.4 Å². The second-order valence-electron chi connectivity index (χ2n) is 5.20. The van der Waals surface area contributed by atoms with Crippen molar-refractivity contribution in [3.8, 4) is 0 Å². The fourth-order valence-corrected chi connectivity index (χ4v) is 3.74. The van der Waals surface area contributed by atoms with Crippen molar-refractivity contribution in [2.45, 2.75) is 25.0 Å². The first-order valence-electron chi connectivity index (χ1n) is 6.40. The molecule has 3 heterocycles. The summed E-state index contributed by atoms with van der Waals surface area (Å²) < 4.78 is 30.6. The van der Waals surface area contributed by atoms with Crippen LogP contribution in [-0.2, 0) is 14.8 Å². The van der Waals surface area contributed by atoms with Crippen molar-refractivity contribution >= 4 is 10.0 Å². The zero-order chi connectivity index (χ0) is 13.5. The molecule has 0 aromatic carbocycles. The van der Waals surface area contributed by atoms with E-state index < -0.39 is 10.0 Å². The van der Waals surface area contributed by atoms with Gasteiger partial charge in [0.2, 0.25) is 10.0 Å². The van der Waals surface area contributed by atoms with Crippen LogP contribution in [-0.4, -0.2) is 48.1 Å². The molecule has 0 bridgehead atoms. The maximum atomic E-state index is 11.6. The van der Waals surface area contributed by atoms with E-state index in [0.717, 1.165) is 18.5 Å². The number of nitrogens with zero attached hydrogens (tertiary/aromatic N) is 3. The highest BCUT2D eigenvalue weighted by Crippen LogP contribution is 2.40. The van der Waals surface area contributed by atoms with Gasteiger partial charge in [-0.05, 0) is 24.8 Å². The lowest BCUT2D eigenvalue weighted by Gasteiger charge is -2.32. The standard InChI is InChI=1S/C12H17N3O3S/c1-19(16,17)15-5-3-9-6-11(18-12(9)7-15)10-2-4-13-8-14-10/h2,4,8-9,11-12H,3,5-7H2,1H3/t9-,11+,12+/m0/s1. The van der Waals surface area contributed by atoms with Crippen molar-refractivity contribution in [3.63, 3.8) is 0 Å². The monoisotopic (exact) mass is 283 g/mol. The second-order valence-corrected chi connectivity index (χ2v) is 7.19. The molecular weight excluding hydrogens is 266 g/mol. The third-order valence-electron chi connectivity index (χ3n) is 3.92. The predicted molar refractivity (Wildman–Crippen MR) is 68.8 cm³/mol. The van der Waals surface area contributed by atoms with Gasteiger partial charge in [-0.1, -0.05) is 0 Å². The molecule has 0 radical (unpaired) electrons. The summed E-state index contributed by atoms with van der Waals surface area (Å²) in [6.45, 7) is 1.06. The lowest BCUT2D eigenvalue weighted by atomic mass is 9.92. The van der Waals surface area contributed by atoms with Gasteiger partial charge in [0.15, 0.2) is 0 Å². The number of fused-ring (bicyclic) bond motifs is 1. The molecule has 2 saturated heterocycles. The van der Waals surface area contributed by atoms with E-state index in [4.69, 9.17) is 4.74 Å². The highest BCUT2D eigenvalue weighted by Gasteiger charge is 2.41. The van der Waals surface area contributed by atoms with Gasteiger partial charge in [-0.25, -0.2) is 18.4 Å². The first kappa shape index (κ1) is 13.0. The number of hydrogen-bond donors (Lipinski definition) is 0. The Morgan fingerprint density at radius 1 is 1.47 bits per heavy atom. The van der Waals surface area contributed by atoms with Crippen molar-refractivity contribution in [3.05, 3.63) is 24.3 Å². The van der Waals surface area contributed by atoms with E-state index in [9.17, 15) is 8.42 Å². The van der Waals surface area contributed by atoms with Gasteiger partial charge in [-0.2, -0.15) is 4.31 Å². The molecule has 0 unspecified atom stereocenters. The Morgan fingerprint density at radius 2 is 2.32 bits per heavy atom. The fourth-order valence-electron chi connectivity index (χ4n) is 2.89. The van der Waals surface area contributed by atoms with Gasteiger partial charge in [0.1, 0.15) is 12.4 Å². The Kier molecular flexibility index (Phi) is 3.28. The third-order valence-corrected chi connectivity index (χ3v) is 5.19. The van der Waals surface area contributed by atoms with Crippen LogP contribution < -0.4 is 0 Å².